The lowest BCUT2D eigenvalue weighted by atomic mass is 10.1. The van der Waals surface area contributed by atoms with Crippen LogP contribution in [0.5, 0.6) is 0 Å². The number of unbranched alkanes of at least 4 members (excludes halogenated alkanes) is 2. The molecule has 1 unspecified atom stereocenters. The van der Waals surface area contributed by atoms with Gasteiger partial charge in [0.05, 0.1) is 11.7 Å². The Balaban J connectivity index is 1.43. The second-order valence-corrected chi connectivity index (χ2v) is 8.14. The van der Waals surface area contributed by atoms with Crippen LogP contribution in [0.25, 0.3) is 10.9 Å². The third-order valence-corrected chi connectivity index (χ3v) is 5.33. The number of rotatable bonds is 14. The molecule has 178 valence electrons. The number of fused-ring (bicyclic) bond motifs is 1. The zero-order valence-corrected chi connectivity index (χ0v) is 19.1. The Bertz CT molecular complexity index is 1010. The number of carbonyl (C=O) groups is 2. The molecular weight excluding hydrogens is 420 g/mol. The monoisotopic (exact) mass is 454 g/mol. The minimum atomic E-state index is -0.170. The molecule has 0 aliphatic heterocycles. The predicted molar refractivity (Wildman–Crippen MR) is 129 cm³/mol. The maximum atomic E-state index is 12.6. The van der Waals surface area contributed by atoms with Crippen LogP contribution in [0, 0.1) is 0 Å². The summed E-state index contributed by atoms with van der Waals surface area (Å²) in [5.74, 6) is 0.589. The molecule has 6 N–H and O–H groups in total. The van der Waals surface area contributed by atoms with Crippen molar-refractivity contribution >= 4 is 28.7 Å². The standard InChI is InChI=1S/C23H34N8O2/c1-17(30-21(32)6-3-2-4-9-24)15-28-22(33)18-7-8-20-19(14-18)16-29-31(20)13-5-10-25-23-26-11-12-27-23/h7-8,11-12,14,16-17H,2-6,9-10,13,15,24H2,1H3,(H,28,33)(H,30,32)(H2,25,26,27). The van der Waals surface area contributed by atoms with E-state index in [1.807, 2.05) is 23.7 Å². The van der Waals surface area contributed by atoms with E-state index >= 15 is 0 Å². The van der Waals surface area contributed by atoms with Crippen LogP contribution in [0.15, 0.2) is 36.8 Å². The van der Waals surface area contributed by atoms with Crippen molar-refractivity contribution in [3.8, 4) is 0 Å². The van der Waals surface area contributed by atoms with E-state index in [1.54, 1.807) is 24.7 Å². The third-order valence-electron chi connectivity index (χ3n) is 5.33. The van der Waals surface area contributed by atoms with Gasteiger partial charge >= 0.3 is 0 Å². The molecule has 1 aromatic carbocycles. The van der Waals surface area contributed by atoms with Gasteiger partial charge in [-0.1, -0.05) is 6.42 Å². The normalized spacial score (nSPS) is 11.9. The molecule has 3 aromatic rings. The van der Waals surface area contributed by atoms with Gasteiger partial charge < -0.3 is 26.7 Å². The summed E-state index contributed by atoms with van der Waals surface area (Å²) in [6.45, 7) is 4.43. The van der Waals surface area contributed by atoms with Crippen LogP contribution in [-0.2, 0) is 11.3 Å². The van der Waals surface area contributed by atoms with Gasteiger partial charge in [0.15, 0.2) is 5.95 Å². The van der Waals surface area contributed by atoms with Gasteiger partial charge in [-0.15, -0.1) is 0 Å². The molecule has 0 aliphatic rings. The fraction of sp³-hybridized carbons (Fsp3) is 0.478. The van der Waals surface area contributed by atoms with E-state index in [9.17, 15) is 9.59 Å². The summed E-state index contributed by atoms with van der Waals surface area (Å²) in [4.78, 5) is 31.7. The number of nitrogens with one attached hydrogen (secondary N) is 4. The smallest absolute Gasteiger partial charge is 0.251 e. The van der Waals surface area contributed by atoms with Crippen LogP contribution >= 0.6 is 0 Å². The number of anilines is 1. The Morgan fingerprint density at radius 1 is 1.21 bits per heavy atom. The number of nitrogens with two attached hydrogens (primary N) is 1. The number of H-pyrrole nitrogens is 1. The van der Waals surface area contributed by atoms with Gasteiger partial charge in [0.2, 0.25) is 5.91 Å². The van der Waals surface area contributed by atoms with Crippen molar-refractivity contribution in [1.82, 2.24) is 30.4 Å². The molecule has 2 amide bonds. The van der Waals surface area contributed by atoms with Crippen molar-refractivity contribution in [2.75, 3.05) is 25.0 Å². The minimum Gasteiger partial charge on any atom is -0.356 e. The molecule has 1 atom stereocenters. The summed E-state index contributed by atoms with van der Waals surface area (Å²) in [6.07, 6.45) is 9.35. The molecule has 0 aliphatic carbocycles. The first-order valence-electron chi connectivity index (χ1n) is 11.5. The molecule has 0 bridgehead atoms. The van der Waals surface area contributed by atoms with Crippen molar-refractivity contribution in [3.05, 3.63) is 42.4 Å². The molecule has 10 heteroatoms. The quantitative estimate of drug-likeness (QED) is 0.236. The van der Waals surface area contributed by atoms with Gasteiger partial charge in [0.25, 0.3) is 5.91 Å². The summed E-state index contributed by atoms with van der Waals surface area (Å²) in [5, 5.41) is 14.4. The molecule has 0 saturated carbocycles. The van der Waals surface area contributed by atoms with Gasteiger partial charge in [-0.25, -0.2) is 4.98 Å². The fourth-order valence-electron chi connectivity index (χ4n) is 3.56. The van der Waals surface area contributed by atoms with Gasteiger partial charge in [-0.3, -0.25) is 14.3 Å². The van der Waals surface area contributed by atoms with E-state index in [-0.39, 0.29) is 17.9 Å². The zero-order chi connectivity index (χ0) is 23.5. The first kappa shape index (κ1) is 24.2. The number of nitrogens with zero attached hydrogens (tertiary/aromatic N) is 3. The highest BCUT2D eigenvalue weighted by Gasteiger charge is 2.12. The highest BCUT2D eigenvalue weighted by Crippen LogP contribution is 2.16. The number of aryl methyl sites for hydroxylation is 1. The number of hydrogen-bond donors (Lipinski definition) is 5. The Morgan fingerprint density at radius 2 is 2.09 bits per heavy atom. The summed E-state index contributed by atoms with van der Waals surface area (Å²) < 4.78 is 1.94. The summed E-state index contributed by atoms with van der Waals surface area (Å²) in [7, 11) is 0. The number of aromatic amines is 1. The fourth-order valence-corrected chi connectivity index (χ4v) is 3.56. The lowest BCUT2D eigenvalue weighted by molar-refractivity contribution is -0.121. The second kappa shape index (κ2) is 12.6. The minimum absolute atomic E-state index is 0.00182. The van der Waals surface area contributed by atoms with Gasteiger partial charge in [-0.2, -0.15) is 5.10 Å². The second-order valence-electron chi connectivity index (χ2n) is 8.14. The van der Waals surface area contributed by atoms with Crippen molar-refractivity contribution in [2.24, 2.45) is 5.73 Å². The Kier molecular flexibility index (Phi) is 9.25. The van der Waals surface area contributed by atoms with E-state index in [4.69, 9.17) is 5.73 Å². The molecule has 33 heavy (non-hydrogen) atoms. The lowest BCUT2D eigenvalue weighted by Crippen LogP contribution is -2.41. The maximum Gasteiger partial charge on any atom is 0.251 e. The molecule has 0 saturated heterocycles. The maximum absolute atomic E-state index is 12.6. The van der Waals surface area contributed by atoms with Crippen molar-refractivity contribution < 1.29 is 9.59 Å². The van der Waals surface area contributed by atoms with Crippen molar-refractivity contribution in [1.29, 1.82) is 0 Å². The number of amides is 2. The molecular formula is C23H34N8O2. The summed E-state index contributed by atoms with van der Waals surface area (Å²) >= 11 is 0. The molecule has 0 fully saturated rings. The molecule has 2 heterocycles. The SMILES string of the molecule is CC(CNC(=O)c1ccc2c(cnn2CCCNc2ncc[nH]2)c1)NC(=O)CCCCCN. The lowest BCUT2D eigenvalue weighted by Gasteiger charge is -2.15. The van der Waals surface area contributed by atoms with Crippen LogP contribution < -0.4 is 21.7 Å². The average molecular weight is 455 g/mol. The molecule has 2 aromatic heterocycles. The van der Waals surface area contributed by atoms with Crippen LogP contribution in [0.1, 0.15) is 49.4 Å². The van der Waals surface area contributed by atoms with Crippen molar-refractivity contribution in [2.45, 2.75) is 51.6 Å². The average Bonchev–Trinajstić information content (AvgIpc) is 3.47. The van der Waals surface area contributed by atoms with Gasteiger partial charge in [0, 0.05) is 55.4 Å². The van der Waals surface area contributed by atoms with Gasteiger partial charge in [0.1, 0.15) is 0 Å². The Hall–Kier alpha value is -3.40. The number of benzene rings is 1. The van der Waals surface area contributed by atoms with E-state index in [0.29, 0.717) is 25.1 Å². The van der Waals surface area contributed by atoms with E-state index in [2.05, 4.69) is 31.0 Å². The van der Waals surface area contributed by atoms with Crippen LogP contribution in [0.2, 0.25) is 0 Å². The molecule has 0 spiro atoms. The van der Waals surface area contributed by atoms with E-state index in [1.165, 1.54) is 0 Å². The highest BCUT2D eigenvalue weighted by atomic mass is 16.2. The molecule has 0 radical (unpaired) electrons. The summed E-state index contributed by atoms with van der Waals surface area (Å²) in [6, 6.07) is 5.43. The van der Waals surface area contributed by atoms with Crippen LogP contribution in [0.3, 0.4) is 0 Å². The first-order chi connectivity index (χ1) is 16.1. The topological polar surface area (TPSA) is 143 Å². The molecule has 10 nitrogen and oxygen atoms in total. The van der Waals surface area contributed by atoms with Gasteiger partial charge in [-0.05, 0) is 50.9 Å². The number of imidazole rings is 1. The van der Waals surface area contributed by atoms with Crippen molar-refractivity contribution in [3.63, 3.8) is 0 Å². The van der Waals surface area contributed by atoms with E-state index < -0.39 is 0 Å². The Labute approximate surface area is 193 Å². The number of aromatic nitrogens is 4. The third kappa shape index (κ3) is 7.60. The first-order valence-corrected chi connectivity index (χ1v) is 11.5. The number of carbonyl (C=O) groups excluding carboxylic acids is 2. The highest BCUT2D eigenvalue weighted by molar-refractivity contribution is 5.98. The molecule has 3 rings (SSSR count). The summed E-state index contributed by atoms with van der Waals surface area (Å²) in [5.41, 5.74) is 7.02. The zero-order valence-electron chi connectivity index (χ0n) is 19.1. The number of hydrogen-bond acceptors (Lipinski definition) is 6. The van der Waals surface area contributed by atoms with Crippen LogP contribution in [0.4, 0.5) is 5.95 Å². The predicted octanol–water partition coefficient (Wildman–Crippen LogP) is 2.02. The largest absolute Gasteiger partial charge is 0.356 e. The van der Waals surface area contributed by atoms with E-state index in [0.717, 1.165) is 55.6 Å². The Morgan fingerprint density at radius 3 is 2.88 bits per heavy atom. The van der Waals surface area contributed by atoms with Crippen LogP contribution in [-0.4, -0.2) is 57.2 Å².